The summed E-state index contributed by atoms with van der Waals surface area (Å²) in [4.78, 5) is 16.0. The van der Waals surface area contributed by atoms with Gasteiger partial charge in [0.25, 0.3) is 5.69 Å². The Hall–Kier alpha value is -3.45. The maximum absolute atomic E-state index is 11.4. The van der Waals surface area contributed by atoms with E-state index in [0.29, 0.717) is 22.2 Å². The summed E-state index contributed by atoms with van der Waals surface area (Å²) in [6.07, 6.45) is 2.52. The zero-order valence-corrected chi connectivity index (χ0v) is 21.8. The minimum absolute atomic E-state index is 0.0386. The smallest absolute Gasteiger partial charge is 0.270 e. The minimum atomic E-state index is -0.386. The highest BCUT2D eigenvalue weighted by molar-refractivity contribution is 9.10. The topological polar surface area (TPSA) is 61.0 Å². The average molecular weight is 579 g/mol. The number of aromatic nitrogens is 2. The van der Waals surface area contributed by atoms with E-state index in [2.05, 4.69) is 15.9 Å². The molecule has 0 unspecified atom stereocenters. The van der Waals surface area contributed by atoms with Gasteiger partial charge in [-0.05, 0) is 47.5 Å². The van der Waals surface area contributed by atoms with Crippen molar-refractivity contribution in [1.82, 2.24) is 9.55 Å². The van der Waals surface area contributed by atoms with Crippen LogP contribution in [0.15, 0.2) is 102 Å². The molecule has 36 heavy (non-hydrogen) atoms. The fraction of sp³-hybridized carbons (Fsp3) is 0.0357. The van der Waals surface area contributed by atoms with Crippen molar-refractivity contribution in [3.8, 4) is 28.1 Å². The third kappa shape index (κ3) is 5.07. The Balaban J connectivity index is 1.68. The molecule has 178 valence electrons. The number of nitro benzene ring substituents is 1. The van der Waals surface area contributed by atoms with Gasteiger partial charge >= 0.3 is 0 Å². The van der Waals surface area contributed by atoms with Gasteiger partial charge in [-0.1, -0.05) is 81.6 Å². The molecular formula is C28H18BrCl2N3O2. The number of non-ortho nitro benzene ring substituents is 1. The van der Waals surface area contributed by atoms with Crippen LogP contribution in [0.5, 0.6) is 0 Å². The number of benzene rings is 4. The number of nitro groups is 1. The van der Waals surface area contributed by atoms with E-state index in [1.54, 1.807) is 24.3 Å². The lowest BCUT2D eigenvalue weighted by Gasteiger charge is -2.13. The summed E-state index contributed by atoms with van der Waals surface area (Å²) in [5.41, 5.74) is 5.05. The summed E-state index contributed by atoms with van der Waals surface area (Å²) in [6.45, 7) is 0. The van der Waals surface area contributed by atoms with Crippen molar-refractivity contribution in [3.05, 3.63) is 133 Å². The third-order valence-corrected chi connectivity index (χ3v) is 6.87. The molecule has 0 aliphatic heterocycles. The highest BCUT2D eigenvalue weighted by atomic mass is 79.9. The van der Waals surface area contributed by atoms with E-state index in [1.807, 2.05) is 71.4 Å². The van der Waals surface area contributed by atoms with Gasteiger partial charge in [-0.15, -0.1) is 0 Å². The lowest BCUT2D eigenvalue weighted by atomic mass is 10.0. The van der Waals surface area contributed by atoms with Gasteiger partial charge in [0.2, 0.25) is 0 Å². The SMILES string of the molecule is O=[N+]([O-])c1cccc(-c2ccccc2-n2cc(-c3ccc(Cl)cc3Cl)nc2Cc2ccc(Br)cc2)c1. The van der Waals surface area contributed by atoms with Crippen molar-refractivity contribution in [2.45, 2.75) is 6.42 Å². The fourth-order valence-corrected chi connectivity index (χ4v) is 4.85. The number of nitrogens with zero attached hydrogens (tertiary/aromatic N) is 3. The molecule has 0 aliphatic carbocycles. The van der Waals surface area contributed by atoms with Crippen LogP contribution in [0.3, 0.4) is 0 Å². The quantitative estimate of drug-likeness (QED) is 0.149. The Morgan fingerprint density at radius 1 is 0.889 bits per heavy atom. The Labute approximate surface area is 226 Å². The highest BCUT2D eigenvalue weighted by Gasteiger charge is 2.18. The van der Waals surface area contributed by atoms with E-state index in [1.165, 1.54) is 6.07 Å². The number of halogens is 3. The van der Waals surface area contributed by atoms with E-state index >= 15 is 0 Å². The lowest BCUT2D eigenvalue weighted by molar-refractivity contribution is -0.384. The molecule has 0 bridgehead atoms. The summed E-state index contributed by atoms with van der Waals surface area (Å²) in [5, 5.41) is 12.5. The largest absolute Gasteiger partial charge is 0.302 e. The van der Waals surface area contributed by atoms with Crippen LogP contribution in [-0.4, -0.2) is 14.5 Å². The van der Waals surface area contributed by atoms with E-state index in [4.69, 9.17) is 28.2 Å². The first-order valence-electron chi connectivity index (χ1n) is 11.0. The zero-order valence-electron chi connectivity index (χ0n) is 18.7. The molecule has 1 aromatic heterocycles. The molecule has 0 fully saturated rings. The minimum Gasteiger partial charge on any atom is -0.302 e. The second-order valence-corrected chi connectivity index (χ2v) is 9.92. The van der Waals surface area contributed by atoms with Crippen molar-refractivity contribution in [2.75, 3.05) is 0 Å². The molecule has 1 heterocycles. The Bertz CT molecular complexity index is 1580. The van der Waals surface area contributed by atoms with E-state index in [-0.39, 0.29) is 10.6 Å². The molecule has 5 aromatic rings. The Morgan fingerprint density at radius 2 is 1.67 bits per heavy atom. The first-order valence-corrected chi connectivity index (χ1v) is 12.6. The van der Waals surface area contributed by atoms with Crippen LogP contribution < -0.4 is 0 Å². The summed E-state index contributed by atoms with van der Waals surface area (Å²) < 4.78 is 3.02. The van der Waals surface area contributed by atoms with Gasteiger partial charge in [-0.3, -0.25) is 10.1 Å². The van der Waals surface area contributed by atoms with Crippen LogP contribution in [0.1, 0.15) is 11.4 Å². The van der Waals surface area contributed by atoms with Crippen LogP contribution in [0.4, 0.5) is 5.69 Å². The monoisotopic (exact) mass is 577 g/mol. The van der Waals surface area contributed by atoms with Crippen LogP contribution in [0.25, 0.3) is 28.1 Å². The predicted molar refractivity (Wildman–Crippen MR) is 148 cm³/mol. The third-order valence-electron chi connectivity index (χ3n) is 5.79. The van der Waals surface area contributed by atoms with Crippen LogP contribution in [0.2, 0.25) is 10.0 Å². The number of hydrogen-bond acceptors (Lipinski definition) is 3. The lowest BCUT2D eigenvalue weighted by Crippen LogP contribution is -2.03. The number of hydrogen-bond donors (Lipinski definition) is 0. The second kappa shape index (κ2) is 10.3. The standard InChI is InChI=1S/C28H18BrCl2N3O2/c29-20-10-8-18(9-11-20)14-28-32-26(24-13-12-21(30)16-25(24)31)17-33(28)27-7-2-1-6-23(27)19-4-3-5-22(15-19)34(35)36/h1-13,15-17H,14H2. The Morgan fingerprint density at radius 3 is 2.42 bits per heavy atom. The molecular weight excluding hydrogens is 561 g/mol. The van der Waals surface area contributed by atoms with Gasteiger partial charge in [0.1, 0.15) is 5.82 Å². The molecule has 0 N–H and O–H groups in total. The van der Waals surface area contributed by atoms with E-state index in [0.717, 1.165) is 38.2 Å². The molecule has 4 aromatic carbocycles. The van der Waals surface area contributed by atoms with Crippen LogP contribution in [0, 0.1) is 10.1 Å². The van der Waals surface area contributed by atoms with Crippen molar-refractivity contribution in [1.29, 1.82) is 0 Å². The van der Waals surface area contributed by atoms with Crippen molar-refractivity contribution in [3.63, 3.8) is 0 Å². The summed E-state index contributed by atoms with van der Waals surface area (Å²) in [5.74, 6) is 0.802. The summed E-state index contributed by atoms with van der Waals surface area (Å²) in [6, 6.07) is 27.8. The molecule has 0 radical (unpaired) electrons. The highest BCUT2D eigenvalue weighted by Crippen LogP contribution is 2.34. The average Bonchev–Trinajstić information content (AvgIpc) is 3.28. The molecule has 8 heteroatoms. The van der Waals surface area contributed by atoms with E-state index in [9.17, 15) is 10.1 Å². The van der Waals surface area contributed by atoms with Crippen molar-refractivity contribution < 1.29 is 4.92 Å². The number of rotatable bonds is 6. The van der Waals surface area contributed by atoms with Crippen molar-refractivity contribution in [2.24, 2.45) is 0 Å². The van der Waals surface area contributed by atoms with Gasteiger partial charge in [-0.25, -0.2) is 4.98 Å². The van der Waals surface area contributed by atoms with Gasteiger partial charge < -0.3 is 4.57 Å². The molecule has 0 amide bonds. The summed E-state index contributed by atoms with van der Waals surface area (Å²) in [7, 11) is 0. The molecule has 0 saturated heterocycles. The normalized spacial score (nSPS) is 11.0. The predicted octanol–water partition coefficient (Wildman–Crippen LogP) is 8.77. The second-order valence-electron chi connectivity index (χ2n) is 8.16. The number of imidazole rings is 1. The van der Waals surface area contributed by atoms with Gasteiger partial charge in [0.15, 0.2) is 0 Å². The molecule has 0 aliphatic rings. The first-order chi connectivity index (χ1) is 17.4. The fourth-order valence-electron chi connectivity index (χ4n) is 4.08. The molecule has 0 saturated carbocycles. The summed E-state index contributed by atoms with van der Waals surface area (Å²) >= 11 is 16.1. The van der Waals surface area contributed by atoms with E-state index < -0.39 is 0 Å². The maximum Gasteiger partial charge on any atom is 0.270 e. The zero-order chi connectivity index (χ0) is 25.2. The van der Waals surface area contributed by atoms with Gasteiger partial charge in [0, 0.05) is 45.4 Å². The first kappa shape index (κ1) is 24.3. The molecule has 0 spiro atoms. The molecule has 0 atom stereocenters. The van der Waals surface area contributed by atoms with Crippen molar-refractivity contribution >= 4 is 44.8 Å². The van der Waals surface area contributed by atoms with Gasteiger partial charge in [-0.2, -0.15) is 0 Å². The van der Waals surface area contributed by atoms with Crippen LogP contribution in [-0.2, 0) is 6.42 Å². The molecule has 5 rings (SSSR count). The number of para-hydroxylation sites is 1. The Kier molecular flexibility index (Phi) is 6.92. The molecule has 5 nitrogen and oxygen atoms in total. The van der Waals surface area contributed by atoms with Gasteiger partial charge in [0.05, 0.1) is 21.3 Å². The maximum atomic E-state index is 11.4. The van der Waals surface area contributed by atoms with Crippen LogP contribution >= 0.6 is 39.1 Å².